The van der Waals surface area contributed by atoms with Crippen LogP contribution in [0.15, 0.2) is 48.5 Å². The molecule has 0 aliphatic carbocycles. The number of benzene rings is 2. The average Bonchev–Trinajstić information content (AvgIpc) is 2.70. The standard InChI is InChI=1S/C21H25Cl2NO3/c1-15(21(25)14-26-16-5-3-2-4-6-16)24-11-9-17(10-12-24)27-18-7-8-19(22)20(23)13-18/h2-8,13,15,17,21,25H,9-12,14H2,1H3/t15-,21+/m1/s1. The molecular weight excluding hydrogens is 385 g/mol. The summed E-state index contributed by atoms with van der Waals surface area (Å²) < 4.78 is 11.7. The topological polar surface area (TPSA) is 41.9 Å². The van der Waals surface area contributed by atoms with E-state index in [1.165, 1.54) is 0 Å². The predicted molar refractivity (Wildman–Crippen MR) is 109 cm³/mol. The van der Waals surface area contributed by atoms with Gasteiger partial charge in [0.05, 0.1) is 10.0 Å². The Morgan fingerprint density at radius 1 is 1.04 bits per heavy atom. The third-order valence-electron chi connectivity index (χ3n) is 4.97. The SMILES string of the molecule is C[C@H]([C@@H](O)COc1ccccc1)N1CCC(Oc2ccc(Cl)c(Cl)c2)CC1. The van der Waals surface area contributed by atoms with Crippen molar-refractivity contribution in [3.8, 4) is 11.5 Å². The van der Waals surface area contributed by atoms with Gasteiger partial charge in [-0.05, 0) is 44.0 Å². The van der Waals surface area contributed by atoms with Crippen LogP contribution in [-0.4, -0.2) is 48.0 Å². The van der Waals surface area contributed by atoms with Crippen molar-refractivity contribution in [2.45, 2.75) is 38.0 Å². The number of aliphatic hydroxyl groups is 1. The normalized spacial score (nSPS) is 18.1. The molecule has 1 saturated heterocycles. The molecule has 1 aliphatic rings. The Morgan fingerprint density at radius 2 is 1.74 bits per heavy atom. The van der Waals surface area contributed by atoms with E-state index >= 15 is 0 Å². The summed E-state index contributed by atoms with van der Waals surface area (Å²) in [6, 6.07) is 14.9. The van der Waals surface area contributed by atoms with Crippen molar-refractivity contribution in [2.75, 3.05) is 19.7 Å². The van der Waals surface area contributed by atoms with Gasteiger partial charge in [-0.25, -0.2) is 0 Å². The first-order valence-corrected chi connectivity index (χ1v) is 10.00. The van der Waals surface area contributed by atoms with E-state index in [1.54, 1.807) is 12.1 Å². The van der Waals surface area contributed by atoms with Gasteiger partial charge in [0, 0.05) is 25.2 Å². The molecule has 1 fully saturated rings. The number of ether oxygens (including phenoxy) is 2. The highest BCUT2D eigenvalue weighted by Crippen LogP contribution is 2.28. The minimum Gasteiger partial charge on any atom is -0.491 e. The fraction of sp³-hybridized carbons (Fsp3) is 0.429. The van der Waals surface area contributed by atoms with Gasteiger partial charge in [-0.3, -0.25) is 4.90 Å². The Hall–Kier alpha value is -1.46. The van der Waals surface area contributed by atoms with Gasteiger partial charge in [0.2, 0.25) is 0 Å². The largest absolute Gasteiger partial charge is 0.491 e. The molecule has 27 heavy (non-hydrogen) atoms. The summed E-state index contributed by atoms with van der Waals surface area (Å²) in [5, 5.41) is 11.5. The molecule has 0 unspecified atom stereocenters. The number of halogens is 2. The fourth-order valence-corrected chi connectivity index (χ4v) is 3.51. The van der Waals surface area contributed by atoms with Gasteiger partial charge in [0.25, 0.3) is 0 Å². The number of aliphatic hydroxyl groups excluding tert-OH is 1. The molecule has 0 spiro atoms. The molecule has 2 aromatic carbocycles. The molecule has 0 amide bonds. The second-order valence-corrected chi connectivity index (χ2v) is 7.68. The van der Waals surface area contributed by atoms with Crippen molar-refractivity contribution in [1.29, 1.82) is 0 Å². The summed E-state index contributed by atoms with van der Waals surface area (Å²) in [5.41, 5.74) is 0. The van der Waals surface area contributed by atoms with E-state index in [4.69, 9.17) is 32.7 Å². The van der Waals surface area contributed by atoms with Gasteiger partial charge < -0.3 is 14.6 Å². The highest BCUT2D eigenvalue weighted by Gasteiger charge is 2.28. The zero-order valence-corrected chi connectivity index (χ0v) is 16.9. The number of hydrogen-bond acceptors (Lipinski definition) is 4. The first kappa shape index (κ1) is 20.3. The van der Waals surface area contributed by atoms with Gasteiger partial charge in [-0.1, -0.05) is 41.4 Å². The lowest BCUT2D eigenvalue weighted by Crippen LogP contribution is -2.49. The summed E-state index contributed by atoms with van der Waals surface area (Å²) in [4.78, 5) is 2.29. The lowest BCUT2D eigenvalue weighted by molar-refractivity contribution is 0.00123. The number of rotatable bonds is 7. The molecule has 2 atom stereocenters. The fourth-order valence-electron chi connectivity index (χ4n) is 3.22. The molecule has 0 radical (unpaired) electrons. The number of likely N-dealkylation sites (tertiary alicyclic amines) is 1. The smallest absolute Gasteiger partial charge is 0.121 e. The predicted octanol–water partition coefficient (Wildman–Crippen LogP) is 4.67. The Kier molecular flexibility index (Phi) is 7.25. The number of nitrogens with zero attached hydrogens (tertiary/aromatic N) is 1. The first-order valence-electron chi connectivity index (χ1n) is 9.24. The molecule has 0 aromatic heterocycles. The third-order valence-corrected chi connectivity index (χ3v) is 5.71. The zero-order chi connectivity index (χ0) is 19.2. The van der Waals surface area contributed by atoms with E-state index in [1.807, 2.05) is 43.3 Å². The van der Waals surface area contributed by atoms with Gasteiger partial charge in [-0.15, -0.1) is 0 Å². The van der Waals surface area contributed by atoms with Crippen LogP contribution in [-0.2, 0) is 0 Å². The van der Waals surface area contributed by atoms with E-state index < -0.39 is 6.10 Å². The van der Waals surface area contributed by atoms with Gasteiger partial charge in [0.1, 0.15) is 30.3 Å². The van der Waals surface area contributed by atoms with Crippen LogP contribution < -0.4 is 9.47 Å². The van der Waals surface area contributed by atoms with Gasteiger partial charge in [-0.2, -0.15) is 0 Å². The van der Waals surface area contributed by atoms with Gasteiger partial charge in [0.15, 0.2) is 0 Å². The minimum atomic E-state index is -0.544. The van der Waals surface area contributed by atoms with Crippen LogP contribution in [0, 0.1) is 0 Å². The second-order valence-electron chi connectivity index (χ2n) is 6.86. The van der Waals surface area contributed by atoms with E-state index in [0.29, 0.717) is 10.0 Å². The molecule has 146 valence electrons. The molecular formula is C21H25Cl2NO3. The maximum atomic E-state index is 10.5. The Balaban J connectivity index is 1.44. The number of hydrogen-bond donors (Lipinski definition) is 1. The maximum absolute atomic E-state index is 10.5. The monoisotopic (exact) mass is 409 g/mol. The molecule has 4 nitrogen and oxygen atoms in total. The van der Waals surface area contributed by atoms with Gasteiger partial charge >= 0.3 is 0 Å². The third kappa shape index (κ3) is 5.76. The molecule has 0 bridgehead atoms. The summed E-state index contributed by atoms with van der Waals surface area (Å²) in [6.07, 6.45) is 1.40. The Morgan fingerprint density at radius 3 is 2.41 bits per heavy atom. The summed E-state index contributed by atoms with van der Waals surface area (Å²) >= 11 is 12.0. The van der Waals surface area contributed by atoms with Crippen molar-refractivity contribution in [3.05, 3.63) is 58.6 Å². The van der Waals surface area contributed by atoms with Crippen LogP contribution in [0.5, 0.6) is 11.5 Å². The van der Waals surface area contributed by atoms with Crippen LogP contribution in [0.4, 0.5) is 0 Å². The van der Waals surface area contributed by atoms with E-state index in [0.717, 1.165) is 37.4 Å². The molecule has 6 heteroatoms. The van der Waals surface area contributed by atoms with E-state index in [2.05, 4.69) is 4.90 Å². The number of para-hydroxylation sites is 1. The summed E-state index contributed by atoms with van der Waals surface area (Å²) in [6.45, 7) is 4.06. The van der Waals surface area contributed by atoms with Crippen LogP contribution in [0.1, 0.15) is 19.8 Å². The highest BCUT2D eigenvalue weighted by molar-refractivity contribution is 6.42. The molecule has 2 aromatic rings. The van der Waals surface area contributed by atoms with Crippen molar-refractivity contribution < 1.29 is 14.6 Å². The summed E-state index contributed by atoms with van der Waals surface area (Å²) in [7, 11) is 0. The zero-order valence-electron chi connectivity index (χ0n) is 15.4. The van der Waals surface area contributed by atoms with E-state index in [-0.39, 0.29) is 18.8 Å². The van der Waals surface area contributed by atoms with Crippen molar-refractivity contribution in [3.63, 3.8) is 0 Å². The maximum Gasteiger partial charge on any atom is 0.121 e. The minimum absolute atomic E-state index is 0.0274. The molecule has 1 heterocycles. The molecule has 0 saturated carbocycles. The summed E-state index contributed by atoms with van der Waals surface area (Å²) in [5.74, 6) is 1.52. The molecule has 1 aliphatic heterocycles. The Bertz CT molecular complexity index is 721. The lowest BCUT2D eigenvalue weighted by atomic mass is 10.0. The lowest BCUT2D eigenvalue weighted by Gasteiger charge is -2.37. The average molecular weight is 410 g/mol. The highest BCUT2D eigenvalue weighted by atomic mass is 35.5. The first-order chi connectivity index (χ1) is 13.0. The second kappa shape index (κ2) is 9.65. The van der Waals surface area contributed by atoms with Crippen LogP contribution in [0.2, 0.25) is 10.0 Å². The quantitative estimate of drug-likeness (QED) is 0.721. The van der Waals surface area contributed by atoms with Crippen molar-refractivity contribution in [1.82, 2.24) is 4.90 Å². The van der Waals surface area contributed by atoms with Crippen LogP contribution in [0.3, 0.4) is 0 Å². The van der Waals surface area contributed by atoms with E-state index in [9.17, 15) is 5.11 Å². The van der Waals surface area contributed by atoms with Crippen molar-refractivity contribution in [2.24, 2.45) is 0 Å². The number of piperidine rings is 1. The van der Waals surface area contributed by atoms with Crippen LogP contribution in [0.25, 0.3) is 0 Å². The molecule has 1 N–H and O–H groups in total. The van der Waals surface area contributed by atoms with Crippen molar-refractivity contribution >= 4 is 23.2 Å². The Labute approximate surface area is 170 Å². The molecule has 3 rings (SSSR count). The van der Waals surface area contributed by atoms with Crippen LogP contribution >= 0.6 is 23.2 Å².